The van der Waals surface area contributed by atoms with Gasteiger partial charge >= 0.3 is 0 Å². The highest BCUT2D eigenvalue weighted by Gasteiger charge is 2.05. The molecule has 0 aromatic carbocycles. The predicted molar refractivity (Wildman–Crippen MR) is 47.7 cm³/mol. The van der Waals surface area contributed by atoms with Gasteiger partial charge in [0.05, 0.1) is 10.6 Å². The smallest absolute Gasteiger partial charge is 0.216 e. The maximum atomic E-state index is 12.6. The summed E-state index contributed by atoms with van der Waals surface area (Å²) < 4.78 is 18.5. The molecule has 0 amide bonds. The van der Waals surface area contributed by atoms with E-state index in [4.69, 9.17) is 4.74 Å². The largest absolute Gasteiger partial charge is 0.490 e. The van der Waals surface area contributed by atoms with Gasteiger partial charge in [-0.15, -0.1) is 0 Å². The van der Waals surface area contributed by atoms with Gasteiger partial charge < -0.3 is 4.74 Å². The van der Waals surface area contributed by atoms with E-state index in [0.717, 1.165) is 0 Å². The molecule has 0 aliphatic heterocycles. The van der Waals surface area contributed by atoms with Crippen molar-refractivity contribution in [3.05, 3.63) is 22.7 Å². The zero-order valence-electron chi connectivity index (χ0n) is 6.84. The maximum Gasteiger partial charge on any atom is 0.216 e. The molecule has 0 atom stereocenters. The molecule has 0 fully saturated rings. The minimum absolute atomic E-state index is 0.0306. The summed E-state index contributed by atoms with van der Waals surface area (Å²) in [5.41, 5.74) is 0. The average molecular weight is 234 g/mol. The summed E-state index contributed by atoms with van der Waals surface area (Å²) in [5, 5.41) is 0. The third-order valence-electron chi connectivity index (χ3n) is 1.15. The normalized spacial score (nSPS) is 10.4. The van der Waals surface area contributed by atoms with Crippen LogP contribution in [0.5, 0.6) is 5.75 Å². The summed E-state index contributed by atoms with van der Waals surface area (Å²) in [7, 11) is 0. The molecule has 1 aromatic heterocycles. The van der Waals surface area contributed by atoms with Gasteiger partial charge in [-0.2, -0.15) is 4.39 Å². The van der Waals surface area contributed by atoms with E-state index in [-0.39, 0.29) is 6.10 Å². The van der Waals surface area contributed by atoms with Crippen LogP contribution in [0.15, 0.2) is 16.7 Å². The van der Waals surface area contributed by atoms with Crippen LogP contribution in [0, 0.1) is 5.95 Å². The maximum absolute atomic E-state index is 12.6. The molecule has 0 radical (unpaired) electrons. The lowest BCUT2D eigenvalue weighted by molar-refractivity contribution is 0.239. The van der Waals surface area contributed by atoms with Gasteiger partial charge in [-0.25, -0.2) is 4.98 Å². The molecular formula is C8H9BrFNO. The summed E-state index contributed by atoms with van der Waals surface area (Å²) in [6, 6.07) is 1.25. The first-order valence-electron chi connectivity index (χ1n) is 3.57. The minimum atomic E-state index is -0.533. The Kier molecular flexibility index (Phi) is 3.03. The molecule has 4 heteroatoms. The van der Waals surface area contributed by atoms with Crippen molar-refractivity contribution in [1.82, 2.24) is 4.98 Å². The Morgan fingerprint density at radius 2 is 2.25 bits per heavy atom. The van der Waals surface area contributed by atoms with E-state index in [1.54, 1.807) is 0 Å². The zero-order chi connectivity index (χ0) is 9.14. The van der Waals surface area contributed by atoms with Gasteiger partial charge in [0.2, 0.25) is 5.95 Å². The standard InChI is InChI=1S/C8H9BrFNO/c1-5(2)12-7-3-8(10)11-4-6(7)9/h3-5H,1-2H3. The number of aromatic nitrogens is 1. The fourth-order valence-electron chi connectivity index (χ4n) is 0.741. The number of pyridine rings is 1. The molecule has 0 saturated heterocycles. The Balaban J connectivity index is 2.90. The van der Waals surface area contributed by atoms with Crippen molar-refractivity contribution in [1.29, 1.82) is 0 Å². The molecule has 1 heterocycles. The van der Waals surface area contributed by atoms with E-state index in [0.29, 0.717) is 10.2 Å². The van der Waals surface area contributed by atoms with Crippen LogP contribution < -0.4 is 4.74 Å². The monoisotopic (exact) mass is 233 g/mol. The van der Waals surface area contributed by atoms with Crippen LogP contribution in [0.1, 0.15) is 13.8 Å². The summed E-state index contributed by atoms with van der Waals surface area (Å²) in [5.74, 6) is -0.0497. The van der Waals surface area contributed by atoms with E-state index >= 15 is 0 Å². The van der Waals surface area contributed by atoms with Crippen molar-refractivity contribution >= 4 is 15.9 Å². The Labute approximate surface area is 78.9 Å². The Bertz CT molecular complexity index is 278. The summed E-state index contributed by atoms with van der Waals surface area (Å²) in [6.07, 6.45) is 1.41. The van der Waals surface area contributed by atoms with Crippen molar-refractivity contribution in [2.24, 2.45) is 0 Å². The lowest BCUT2D eigenvalue weighted by atomic mass is 10.4. The molecule has 0 unspecified atom stereocenters. The summed E-state index contributed by atoms with van der Waals surface area (Å²) in [6.45, 7) is 3.76. The molecule has 0 bridgehead atoms. The predicted octanol–water partition coefficient (Wildman–Crippen LogP) is 2.77. The third kappa shape index (κ3) is 2.44. The second-order valence-electron chi connectivity index (χ2n) is 2.60. The minimum Gasteiger partial charge on any atom is -0.490 e. The van der Waals surface area contributed by atoms with Gasteiger partial charge in [0, 0.05) is 12.3 Å². The molecule has 0 saturated carbocycles. The Morgan fingerprint density at radius 1 is 1.58 bits per heavy atom. The first-order chi connectivity index (χ1) is 5.59. The van der Waals surface area contributed by atoms with Crippen molar-refractivity contribution < 1.29 is 9.13 Å². The van der Waals surface area contributed by atoms with Crippen molar-refractivity contribution in [3.63, 3.8) is 0 Å². The van der Waals surface area contributed by atoms with Crippen molar-refractivity contribution in [3.8, 4) is 5.75 Å². The number of rotatable bonds is 2. The van der Waals surface area contributed by atoms with Gasteiger partial charge in [0.25, 0.3) is 0 Å². The summed E-state index contributed by atoms with van der Waals surface area (Å²) in [4.78, 5) is 3.45. The first kappa shape index (κ1) is 9.45. The quantitative estimate of drug-likeness (QED) is 0.734. The molecule has 0 aliphatic rings. The third-order valence-corrected chi connectivity index (χ3v) is 1.75. The molecule has 66 valence electrons. The highest BCUT2D eigenvalue weighted by Crippen LogP contribution is 2.24. The van der Waals surface area contributed by atoms with E-state index in [1.807, 2.05) is 13.8 Å². The number of nitrogens with zero attached hydrogens (tertiary/aromatic N) is 1. The molecule has 2 nitrogen and oxygen atoms in total. The van der Waals surface area contributed by atoms with E-state index in [9.17, 15) is 4.39 Å². The van der Waals surface area contributed by atoms with Crippen molar-refractivity contribution in [2.45, 2.75) is 20.0 Å². The van der Waals surface area contributed by atoms with Crippen LogP contribution in [-0.4, -0.2) is 11.1 Å². The fraction of sp³-hybridized carbons (Fsp3) is 0.375. The van der Waals surface area contributed by atoms with Crippen LogP contribution >= 0.6 is 15.9 Å². The molecule has 0 spiro atoms. The van der Waals surface area contributed by atoms with Crippen LogP contribution in [0.3, 0.4) is 0 Å². The average Bonchev–Trinajstić information content (AvgIpc) is 1.96. The second kappa shape index (κ2) is 3.85. The second-order valence-corrected chi connectivity index (χ2v) is 3.46. The Hall–Kier alpha value is -0.640. The van der Waals surface area contributed by atoms with Gasteiger partial charge in [-0.1, -0.05) is 0 Å². The highest BCUT2D eigenvalue weighted by molar-refractivity contribution is 9.10. The number of hydrogen-bond donors (Lipinski definition) is 0. The number of ether oxygens (including phenoxy) is 1. The highest BCUT2D eigenvalue weighted by atomic mass is 79.9. The van der Waals surface area contributed by atoms with Crippen LogP contribution in [-0.2, 0) is 0 Å². The van der Waals surface area contributed by atoms with Crippen LogP contribution in [0.25, 0.3) is 0 Å². The lowest BCUT2D eigenvalue weighted by Gasteiger charge is -2.10. The molecular weight excluding hydrogens is 225 g/mol. The van der Waals surface area contributed by atoms with Gasteiger partial charge in [-0.3, -0.25) is 0 Å². The molecule has 12 heavy (non-hydrogen) atoms. The van der Waals surface area contributed by atoms with E-state index in [2.05, 4.69) is 20.9 Å². The van der Waals surface area contributed by atoms with Crippen LogP contribution in [0.4, 0.5) is 4.39 Å². The SMILES string of the molecule is CC(C)Oc1cc(F)ncc1Br. The lowest BCUT2D eigenvalue weighted by Crippen LogP contribution is -2.06. The molecule has 1 rings (SSSR count). The molecule has 1 aromatic rings. The topological polar surface area (TPSA) is 22.1 Å². The zero-order valence-corrected chi connectivity index (χ0v) is 8.43. The van der Waals surface area contributed by atoms with E-state index in [1.165, 1.54) is 12.3 Å². The summed E-state index contributed by atoms with van der Waals surface area (Å²) >= 11 is 3.20. The van der Waals surface area contributed by atoms with Crippen molar-refractivity contribution in [2.75, 3.05) is 0 Å². The molecule has 0 aliphatic carbocycles. The van der Waals surface area contributed by atoms with Crippen LogP contribution in [0.2, 0.25) is 0 Å². The van der Waals surface area contributed by atoms with Gasteiger partial charge in [-0.05, 0) is 29.8 Å². The fourth-order valence-corrected chi connectivity index (χ4v) is 1.05. The van der Waals surface area contributed by atoms with E-state index < -0.39 is 5.95 Å². The number of halogens is 2. The first-order valence-corrected chi connectivity index (χ1v) is 4.36. The Morgan fingerprint density at radius 3 is 2.83 bits per heavy atom. The molecule has 0 N–H and O–H groups in total. The van der Waals surface area contributed by atoms with Gasteiger partial charge in [0.15, 0.2) is 0 Å². The number of hydrogen-bond acceptors (Lipinski definition) is 2. The van der Waals surface area contributed by atoms with Gasteiger partial charge in [0.1, 0.15) is 5.75 Å².